The molecule has 2 N–H and O–H groups in total. The predicted molar refractivity (Wildman–Crippen MR) is 64.5 cm³/mol. The molecule has 0 aromatic heterocycles. The van der Waals surface area contributed by atoms with Gasteiger partial charge in [0, 0.05) is 0 Å². The van der Waals surface area contributed by atoms with Crippen molar-refractivity contribution in [3.05, 3.63) is 30.3 Å². The maximum Gasteiger partial charge on any atom is 0.320 e. The minimum Gasteiger partial charge on any atom is -0.494 e. The Bertz CT molecular complexity index is 399. The fourth-order valence-corrected chi connectivity index (χ4v) is 1.44. The lowest BCUT2D eigenvalue weighted by molar-refractivity contribution is -0.163. The van der Waals surface area contributed by atoms with E-state index in [1.54, 1.807) is 12.1 Å². The molecule has 0 saturated heterocycles. The monoisotopic (exact) mass is 252 g/mol. The van der Waals surface area contributed by atoms with Gasteiger partial charge in [0.05, 0.1) is 6.61 Å². The van der Waals surface area contributed by atoms with Crippen LogP contribution in [0.1, 0.15) is 19.8 Å². The topological polar surface area (TPSA) is 83.8 Å². The van der Waals surface area contributed by atoms with E-state index in [1.165, 1.54) is 6.92 Å². The highest BCUT2D eigenvalue weighted by Gasteiger charge is 2.40. The number of para-hydroxylation sites is 1. The van der Waals surface area contributed by atoms with Gasteiger partial charge in [-0.1, -0.05) is 18.2 Å². The fourth-order valence-electron chi connectivity index (χ4n) is 1.44. The maximum absolute atomic E-state index is 10.9. The third-order valence-electron chi connectivity index (χ3n) is 2.78. The summed E-state index contributed by atoms with van der Waals surface area (Å²) >= 11 is 0. The van der Waals surface area contributed by atoms with Crippen LogP contribution in [0.4, 0.5) is 0 Å². The van der Waals surface area contributed by atoms with Crippen LogP contribution in [0.25, 0.3) is 0 Å². The Labute approximate surface area is 105 Å². The number of benzene rings is 1. The fraction of sp³-hybridized carbons (Fsp3) is 0.385. The Morgan fingerprint density at radius 1 is 1.17 bits per heavy atom. The van der Waals surface area contributed by atoms with Gasteiger partial charge in [0.1, 0.15) is 5.75 Å². The van der Waals surface area contributed by atoms with Crippen LogP contribution in [0, 0.1) is 5.41 Å². The van der Waals surface area contributed by atoms with Crippen LogP contribution in [-0.4, -0.2) is 28.8 Å². The lowest BCUT2D eigenvalue weighted by Gasteiger charge is -2.19. The van der Waals surface area contributed by atoms with E-state index in [0.717, 1.165) is 0 Å². The minimum absolute atomic E-state index is 0.0322. The molecule has 0 unspecified atom stereocenters. The lowest BCUT2D eigenvalue weighted by atomic mass is 9.86. The molecule has 0 amide bonds. The van der Waals surface area contributed by atoms with Crippen LogP contribution in [0.3, 0.4) is 0 Å². The summed E-state index contributed by atoms with van der Waals surface area (Å²) in [4.78, 5) is 21.8. The Hall–Kier alpha value is -2.04. The molecule has 1 aromatic rings. The van der Waals surface area contributed by atoms with Gasteiger partial charge < -0.3 is 14.9 Å². The summed E-state index contributed by atoms with van der Waals surface area (Å²) in [6.07, 6.45) is 0.397. The minimum atomic E-state index is -1.75. The first-order valence-electron chi connectivity index (χ1n) is 5.61. The Morgan fingerprint density at radius 3 is 2.22 bits per heavy atom. The summed E-state index contributed by atoms with van der Waals surface area (Å²) in [6, 6.07) is 9.09. The van der Waals surface area contributed by atoms with Crippen molar-refractivity contribution in [3.8, 4) is 5.75 Å². The van der Waals surface area contributed by atoms with E-state index in [2.05, 4.69) is 0 Å². The molecule has 5 nitrogen and oxygen atoms in total. The number of carboxylic acid groups (broad SMARTS) is 2. The Morgan fingerprint density at radius 2 is 1.72 bits per heavy atom. The van der Waals surface area contributed by atoms with E-state index in [1.807, 2.05) is 18.2 Å². The highest BCUT2D eigenvalue weighted by atomic mass is 16.5. The zero-order chi connectivity index (χ0) is 13.6. The number of aliphatic carboxylic acids is 2. The van der Waals surface area contributed by atoms with Crippen LogP contribution in [0.15, 0.2) is 30.3 Å². The van der Waals surface area contributed by atoms with Gasteiger partial charge in [-0.05, 0) is 31.9 Å². The van der Waals surface area contributed by atoms with Crippen molar-refractivity contribution >= 4 is 11.9 Å². The smallest absolute Gasteiger partial charge is 0.320 e. The third kappa shape index (κ3) is 3.48. The molecule has 5 heteroatoms. The zero-order valence-electron chi connectivity index (χ0n) is 10.1. The first-order valence-corrected chi connectivity index (χ1v) is 5.61. The molecule has 0 radical (unpaired) electrons. The molecule has 0 bridgehead atoms. The van der Waals surface area contributed by atoms with Crippen molar-refractivity contribution in [1.29, 1.82) is 0 Å². The van der Waals surface area contributed by atoms with Gasteiger partial charge in [-0.15, -0.1) is 0 Å². The largest absolute Gasteiger partial charge is 0.494 e. The molecule has 0 saturated carbocycles. The number of ether oxygens (including phenoxy) is 1. The summed E-state index contributed by atoms with van der Waals surface area (Å²) < 4.78 is 5.38. The van der Waals surface area contributed by atoms with Gasteiger partial charge in [-0.25, -0.2) is 0 Å². The van der Waals surface area contributed by atoms with Crippen LogP contribution < -0.4 is 4.74 Å². The number of hydrogen-bond acceptors (Lipinski definition) is 3. The van der Waals surface area contributed by atoms with Crippen LogP contribution in [0.2, 0.25) is 0 Å². The second kappa shape index (κ2) is 6.05. The van der Waals surface area contributed by atoms with Gasteiger partial charge in [0.15, 0.2) is 5.41 Å². The van der Waals surface area contributed by atoms with Gasteiger partial charge in [-0.2, -0.15) is 0 Å². The van der Waals surface area contributed by atoms with Crippen molar-refractivity contribution in [2.75, 3.05) is 6.61 Å². The number of rotatable bonds is 7. The van der Waals surface area contributed by atoms with Crippen molar-refractivity contribution in [3.63, 3.8) is 0 Å². The van der Waals surface area contributed by atoms with Gasteiger partial charge in [0.2, 0.25) is 0 Å². The van der Waals surface area contributed by atoms with Crippen LogP contribution in [-0.2, 0) is 9.59 Å². The molecule has 0 aliphatic heterocycles. The van der Waals surface area contributed by atoms with Crippen molar-refractivity contribution in [1.82, 2.24) is 0 Å². The predicted octanol–water partition coefficient (Wildman–Crippen LogP) is 2.02. The normalized spacial score (nSPS) is 10.9. The average molecular weight is 252 g/mol. The lowest BCUT2D eigenvalue weighted by Crippen LogP contribution is -2.36. The number of carboxylic acids is 2. The van der Waals surface area contributed by atoms with Gasteiger partial charge in [-0.3, -0.25) is 9.59 Å². The van der Waals surface area contributed by atoms with E-state index in [-0.39, 0.29) is 6.42 Å². The molecule has 0 fully saturated rings. The van der Waals surface area contributed by atoms with Crippen molar-refractivity contribution in [2.24, 2.45) is 5.41 Å². The molecule has 0 aliphatic rings. The second-order valence-corrected chi connectivity index (χ2v) is 4.21. The first kappa shape index (κ1) is 14.0. The summed E-state index contributed by atoms with van der Waals surface area (Å²) in [5, 5.41) is 17.8. The molecule has 1 rings (SSSR count). The van der Waals surface area contributed by atoms with E-state index >= 15 is 0 Å². The summed E-state index contributed by atoms with van der Waals surface area (Å²) in [5.74, 6) is -1.96. The molecule has 0 heterocycles. The Balaban J connectivity index is 2.41. The molecular formula is C13H16O5. The average Bonchev–Trinajstić information content (AvgIpc) is 2.35. The number of carbonyl (C=O) groups is 2. The van der Waals surface area contributed by atoms with Gasteiger partial charge >= 0.3 is 11.9 Å². The van der Waals surface area contributed by atoms with Crippen molar-refractivity contribution in [2.45, 2.75) is 19.8 Å². The zero-order valence-corrected chi connectivity index (χ0v) is 10.1. The third-order valence-corrected chi connectivity index (χ3v) is 2.78. The highest BCUT2D eigenvalue weighted by molar-refractivity contribution is 5.97. The maximum atomic E-state index is 10.9. The first-order chi connectivity index (χ1) is 8.47. The molecular weight excluding hydrogens is 236 g/mol. The molecule has 0 atom stereocenters. The molecule has 98 valence electrons. The van der Waals surface area contributed by atoms with Gasteiger partial charge in [0.25, 0.3) is 0 Å². The molecule has 18 heavy (non-hydrogen) atoms. The summed E-state index contributed by atoms with van der Waals surface area (Å²) in [7, 11) is 0. The molecule has 1 aromatic carbocycles. The Kier molecular flexibility index (Phi) is 4.71. The van der Waals surface area contributed by atoms with E-state index < -0.39 is 17.4 Å². The van der Waals surface area contributed by atoms with Crippen LogP contribution >= 0.6 is 0 Å². The highest BCUT2D eigenvalue weighted by Crippen LogP contribution is 2.24. The van der Waals surface area contributed by atoms with Crippen molar-refractivity contribution < 1.29 is 24.5 Å². The standard InChI is InChI=1S/C13H16O5/c1-13(11(14)15,12(16)17)8-5-9-18-10-6-3-2-4-7-10/h2-4,6-7H,5,8-9H2,1H3,(H,14,15)(H,16,17). The van der Waals surface area contributed by atoms with E-state index in [0.29, 0.717) is 18.8 Å². The second-order valence-electron chi connectivity index (χ2n) is 4.21. The number of hydrogen-bond donors (Lipinski definition) is 2. The summed E-state index contributed by atoms with van der Waals surface area (Å²) in [5.41, 5.74) is -1.75. The molecule has 0 aliphatic carbocycles. The summed E-state index contributed by atoms with van der Waals surface area (Å²) in [6.45, 7) is 1.50. The van der Waals surface area contributed by atoms with Crippen LogP contribution in [0.5, 0.6) is 5.75 Å². The molecule has 0 spiro atoms. The SMILES string of the molecule is CC(CCCOc1ccccc1)(C(=O)O)C(=O)O. The van der Waals surface area contributed by atoms with E-state index in [4.69, 9.17) is 14.9 Å². The van der Waals surface area contributed by atoms with E-state index in [9.17, 15) is 9.59 Å². The quantitative estimate of drug-likeness (QED) is 0.573.